The van der Waals surface area contributed by atoms with Crippen molar-refractivity contribution in [2.45, 2.75) is 77.4 Å². The van der Waals surface area contributed by atoms with Gasteiger partial charge in [0, 0.05) is 31.1 Å². The molecule has 2 aliphatic rings. The van der Waals surface area contributed by atoms with Gasteiger partial charge in [-0.1, -0.05) is 12.8 Å². The summed E-state index contributed by atoms with van der Waals surface area (Å²) in [4.78, 5) is 26.9. The Balaban J connectivity index is 1.55. The Kier molecular flexibility index (Phi) is 6.52. The van der Waals surface area contributed by atoms with Crippen molar-refractivity contribution in [2.24, 2.45) is 5.92 Å². The number of anilines is 1. The monoisotopic (exact) mass is 375 g/mol. The van der Waals surface area contributed by atoms with Crippen LogP contribution in [0.4, 0.5) is 5.82 Å². The van der Waals surface area contributed by atoms with Gasteiger partial charge in [-0.25, -0.2) is 4.68 Å². The van der Waals surface area contributed by atoms with Crippen LogP contribution in [0, 0.1) is 5.92 Å². The lowest BCUT2D eigenvalue weighted by molar-refractivity contribution is -0.127. The van der Waals surface area contributed by atoms with E-state index in [1.165, 1.54) is 0 Å². The zero-order chi connectivity index (χ0) is 19.4. The van der Waals surface area contributed by atoms with E-state index < -0.39 is 0 Å². The molecule has 1 atom stereocenters. The van der Waals surface area contributed by atoms with E-state index in [9.17, 15) is 9.59 Å². The van der Waals surface area contributed by atoms with Crippen molar-refractivity contribution in [1.29, 1.82) is 0 Å². The first-order valence-electron chi connectivity index (χ1n) is 10.3. The van der Waals surface area contributed by atoms with Crippen molar-refractivity contribution in [3.8, 4) is 0 Å². The number of hydrogen-bond acceptors (Lipinski definition) is 4. The molecule has 150 valence electrons. The largest absolute Gasteiger partial charge is 0.353 e. The lowest BCUT2D eigenvalue weighted by Gasteiger charge is -2.36. The molecule has 3 rings (SSSR count). The molecular formula is C20H33N5O2. The molecule has 27 heavy (non-hydrogen) atoms. The van der Waals surface area contributed by atoms with Crippen LogP contribution in [0.2, 0.25) is 0 Å². The van der Waals surface area contributed by atoms with Crippen LogP contribution in [-0.4, -0.2) is 51.7 Å². The summed E-state index contributed by atoms with van der Waals surface area (Å²) in [6.07, 6.45) is 7.90. The Bertz CT molecular complexity index is 643. The number of carbonyl (C=O) groups excluding carboxylic acids is 2. The van der Waals surface area contributed by atoms with Crippen molar-refractivity contribution in [2.75, 3.05) is 18.4 Å². The number of hydrogen-bond donors (Lipinski definition) is 2. The van der Waals surface area contributed by atoms with E-state index in [1.807, 2.05) is 31.5 Å². The van der Waals surface area contributed by atoms with Gasteiger partial charge in [0.1, 0.15) is 5.82 Å². The summed E-state index contributed by atoms with van der Waals surface area (Å²) in [5.41, 5.74) is 0. The number of nitrogens with one attached hydrogen (secondary N) is 2. The smallest absolute Gasteiger partial charge is 0.237 e. The molecular weight excluding hydrogens is 342 g/mol. The lowest BCUT2D eigenvalue weighted by Crippen LogP contribution is -2.49. The molecule has 1 aliphatic heterocycles. The third kappa shape index (κ3) is 4.89. The zero-order valence-electron chi connectivity index (χ0n) is 16.8. The van der Waals surface area contributed by atoms with E-state index in [0.29, 0.717) is 0 Å². The topological polar surface area (TPSA) is 79.3 Å². The molecule has 1 aromatic heterocycles. The maximum atomic E-state index is 12.4. The summed E-state index contributed by atoms with van der Waals surface area (Å²) < 4.78 is 1.96. The van der Waals surface area contributed by atoms with Crippen molar-refractivity contribution in [3.63, 3.8) is 0 Å². The highest BCUT2D eigenvalue weighted by molar-refractivity contribution is 5.91. The molecule has 2 amide bonds. The summed E-state index contributed by atoms with van der Waals surface area (Å²) in [6, 6.07) is 2.19. The Morgan fingerprint density at radius 3 is 2.41 bits per heavy atom. The lowest BCUT2D eigenvalue weighted by atomic mass is 10.0. The predicted octanol–water partition coefficient (Wildman–Crippen LogP) is 2.56. The Hall–Kier alpha value is -1.89. The summed E-state index contributed by atoms with van der Waals surface area (Å²) in [5, 5.41) is 10.5. The van der Waals surface area contributed by atoms with Crippen molar-refractivity contribution in [1.82, 2.24) is 20.0 Å². The van der Waals surface area contributed by atoms with Gasteiger partial charge in [-0.05, 0) is 46.5 Å². The number of rotatable bonds is 6. The van der Waals surface area contributed by atoms with Crippen LogP contribution >= 0.6 is 0 Å². The van der Waals surface area contributed by atoms with Crippen LogP contribution in [0.1, 0.15) is 65.3 Å². The summed E-state index contributed by atoms with van der Waals surface area (Å²) in [7, 11) is 0. The number of aromatic nitrogens is 2. The first-order chi connectivity index (χ1) is 13.0. The van der Waals surface area contributed by atoms with E-state index >= 15 is 0 Å². The Morgan fingerprint density at radius 1 is 1.11 bits per heavy atom. The summed E-state index contributed by atoms with van der Waals surface area (Å²) in [6.45, 7) is 7.64. The van der Waals surface area contributed by atoms with Gasteiger partial charge in [0.15, 0.2) is 0 Å². The van der Waals surface area contributed by atoms with E-state index in [4.69, 9.17) is 0 Å². The molecule has 2 heterocycles. The maximum absolute atomic E-state index is 12.4. The fourth-order valence-corrected chi connectivity index (χ4v) is 4.21. The highest BCUT2D eigenvalue weighted by Crippen LogP contribution is 2.29. The Morgan fingerprint density at radius 2 is 1.78 bits per heavy atom. The third-order valence-electron chi connectivity index (χ3n) is 5.85. The highest BCUT2D eigenvalue weighted by atomic mass is 16.2. The van der Waals surface area contributed by atoms with Gasteiger partial charge in [0.2, 0.25) is 11.8 Å². The summed E-state index contributed by atoms with van der Waals surface area (Å²) >= 11 is 0. The average Bonchev–Trinajstić information content (AvgIpc) is 3.32. The number of amides is 2. The first-order valence-corrected chi connectivity index (χ1v) is 10.3. The normalized spacial score (nSPS) is 20.7. The second-order valence-corrected chi connectivity index (χ2v) is 8.24. The van der Waals surface area contributed by atoms with Crippen molar-refractivity contribution < 1.29 is 9.59 Å². The second kappa shape index (κ2) is 8.87. The van der Waals surface area contributed by atoms with Crippen LogP contribution in [0.15, 0.2) is 12.3 Å². The molecule has 2 fully saturated rings. The minimum atomic E-state index is -0.118. The number of carbonyl (C=O) groups is 2. The van der Waals surface area contributed by atoms with Gasteiger partial charge in [0.25, 0.3) is 0 Å². The molecule has 1 saturated heterocycles. The van der Waals surface area contributed by atoms with Gasteiger partial charge in [0.05, 0.1) is 18.3 Å². The SMILES string of the molecule is CC(C)NC(=O)[C@@H](C)N1CCC(n2nccc2NC(=O)C2CCCC2)CC1. The molecule has 1 aromatic rings. The molecule has 2 N–H and O–H groups in total. The molecule has 0 spiro atoms. The van der Waals surface area contributed by atoms with Crippen LogP contribution in [0.25, 0.3) is 0 Å². The minimum absolute atomic E-state index is 0.0899. The van der Waals surface area contributed by atoms with Crippen molar-refractivity contribution >= 4 is 17.6 Å². The average molecular weight is 376 g/mol. The first kappa shape index (κ1) is 19.9. The number of likely N-dealkylation sites (tertiary alicyclic amines) is 1. The van der Waals surface area contributed by atoms with Crippen LogP contribution in [0.3, 0.4) is 0 Å². The van der Waals surface area contributed by atoms with Crippen LogP contribution in [0.5, 0.6) is 0 Å². The fraction of sp³-hybridized carbons (Fsp3) is 0.750. The Labute approximate surface area is 161 Å². The molecule has 0 radical (unpaired) electrons. The van der Waals surface area contributed by atoms with E-state index in [1.54, 1.807) is 6.20 Å². The highest BCUT2D eigenvalue weighted by Gasteiger charge is 2.29. The third-order valence-corrected chi connectivity index (χ3v) is 5.85. The molecule has 1 saturated carbocycles. The van der Waals surface area contributed by atoms with E-state index in [0.717, 1.165) is 57.4 Å². The van der Waals surface area contributed by atoms with Gasteiger partial charge in [-0.2, -0.15) is 5.10 Å². The molecule has 7 nitrogen and oxygen atoms in total. The molecule has 7 heteroatoms. The van der Waals surface area contributed by atoms with E-state index in [2.05, 4.69) is 20.6 Å². The fourth-order valence-electron chi connectivity index (χ4n) is 4.21. The van der Waals surface area contributed by atoms with Crippen LogP contribution < -0.4 is 10.6 Å². The van der Waals surface area contributed by atoms with Gasteiger partial charge in [-0.15, -0.1) is 0 Å². The molecule has 0 unspecified atom stereocenters. The standard InChI is InChI=1S/C20H33N5O2/c1-14(2)22-19(26)15(3)24-12-9-17(10-13-24)25-18(8-11-21-25)23-20(27)16-6-4-5-7-16/h8,11,14-17H,4-7,9-10,12-13H2,1-3H3,(H,22,26)(H,23,27)/t15-/m1/s1. The van der Waals surface area contributed by atoms with E-state index in [-0.39, 0.29) is 35.9 Å². The molecule has 0 bridgehead atoms. The number of nitrogens with zero attached hydrogens (tertiary/aromatic N) is 3. The van der Waals surface area contributed by atoms with Crippen molar-refractivity contribution in [3.05, 3.63) is 12.3 Å². The number of piperidine rings is 1. The zero-order valence-corrected chi connectivity index (χ0v) is 16.8. The maximum Gasteiger partial charge on any atom is 0.237 e. The quantitative estimate of drug-likeness (QED) is 0.801. The second-order valence-electron chi connectivity index (χ2n) is 8.24. The van der Waals surface area contributed by atoms with Gasteiger partial charge >= 0.3 is 0 Å². The minimum Gasteiger partial charge on any atom is -0.353 e. The van der Waals surface area contributed by atoms with Crippen LogP contribution in [-0.2, 0) is 9.59 Å². The molecule has 1 aliphatic carbocycles. The summed E-state index contributed by atoms with van der Waals surface area (Å²) in [5.74, 6) is 1.17. The molecule has 0 aromatic carbocycles. The predicted molar refractivity (Wildman–Crippen MR) is 105 cm³/mol. The van der Waals surface area contributed by atoms with Gasteiger partial charge < -0.3 is 10.6 Å². The van der Waals surface area contributed by atoms with Gasteiger partial charge in [-0.3, -0.25) is 14.5 Å².